The van der Waals surface area contributed by atoms with Crippen molar-refractivity contribution >= 4 is 11.8 Å². The van der Waals surface area contributed by atoms with E-state index in [2.05, 4.69) is 23.5 Å². The molecule has 4 nitrogen and oxygen atoms in total. The predicted molar refractivity (Wildman–Crippen MR) is 80.7 cm³/mol. The SMILES string of the molecule is CC1NC(=O)CC(C)N(Cc2ccc3c(c2)CCC3)C1=O. The number of hydrogen-bond acceptors (Lipinski definition) is 2. The second-order valence-corrected chi connectivity index (χ2v) is 6.27. The lowest BCUT2D eigenvalue weighted by atomic mass is 10.0. The summed E-state index contributed by atoms with van der Waals surface area (Å²) in [6, 6.07) is 6.05. The predicted octanol–water partition coefficient (Wildman–Crippen LogP) is 1.80. The molecular formula is C17H22N2O2. The minimum Gasteiger partial charge on any atom is -0.345 e. The largest absolute Gasteiger partial charge is 0.345 e. The molecule has 0 bridgehead atoms. The quantitative estimate of drug-likeness (QED) is 0.901. The van der Waals surface area contributed by atoms with E-state index in [1.807, 2.05) is 11.8 Å². The smallest absolute Gasteiger partial charge is 0.245 e. The third kappa shape index (κ3) is 2.80. The van der Waals surface area contributed by atoms with E-state index in [1.165, 1.54) is 24.0 Å². The minimum absolute atomic E-state index is 0.00819. The van der Waals surface area contributed by atoms with Crippen LogP contribution >= 0.6 is 0 Å². The fourth-order valence-corrected chi connectivity index (χ4v) is 3.36. The maximum atomic E-state index is 12.5. The molecule has 2 amide bonds. The lowest BCUT2D eigenvalue weighted by molar-refractivity contribution is -0.135. The van der Waals surface area contributed by atoms with Crippen molar-refractivity contribution in [3.63, 3.8) is 0 Å². The molecule has 1 aromatic carbocycles. The highest BCUT2D eigenvalue weighted by atomic mass is 16.2. The molecular weight excluding hydrogens is 264 g/mol. The van der Waals surface area contributed by atoms with Gasteiger partial charge < -0.3 is 10.2 Å². The molecule has 21 heavy (non-hydrogen) atoms. The Hall–Kier alpha value is -1.84. The molecule has 2 aliphatic rings. The number of carbonyl (C=O) groups excluding carboxylic acids is 2. The van der Waals surface area contributed by atoms with Gasteiger partial charge in [0.1, 0.15) is 6.04 Å². The number of fused-ring (bicyclic) bond motifs is 1. The van der Waals surface area contributed by atoms with Crippen LogP contribution in [0.5, 0.6) is 0 Å². The van der Waals surface area contributed by atoms with Crippen LogP contribution in [-0.2, 0) is 29.0 Å². The van der Waals surface area contributed by atoms with Crippen molar-refractivity contribution < 1.29 is 9.59 Å². The van der Waals surface area contributed by atoms with Crippen LogP contribution in [0.4, 0.5) is 0 Å². The molecule has 1 aliphatic carbocycles. The van der Waals surface area contributed by atoms with Crippen molar-refractivity contribution in [1.29, 1.82) is 0 Å². The summed E-state index contributed by atoms with van der Waals surface area (Å²) >= 11 is 0. The first-order valence-corrected chi connectivity index (χ1v) is 7.75. The highest BCUT2D eigenvalue weighted by Crippen LogP contribution is 2.24. The van der Waals surface area contributed by atoms with Crippen molar-refractivity contribution in [3.8, 4) is 0 Å². The van der Waals surface area contributed by atoms with E-state index in [1.54, 1.807) is 6.92 Å². The lowest BCUT2D eigenvalue weighted by Gasteiger charge is -2.28. The maximum absolute atomic E-state index is 12.5. The molecule has 0 aromatic heterocycles. The molecule has 1 saturated heterocycles. The average molecular weight is 286 g/mol. The van der Waals surface area contributed by atoms with Gasteiger partial charge in [-0.15, -0.1) is 0 Å². The van der Waals surface area contributed by atoms with E-state index in [9.17, 15) is 9.59 Å². The van der Waals surface area contributed by atoms with Crippen molar-refractivity contribution in [1.82, 2.24) is 10.2 Å². The Morgan fingerprint density at radius 1 is 1.19 bits per heavy atom. The zero-order valence-electron chi connectivity index (χ0n) is 12.7. The number of aryl methyl sites for hydroxylation is 2. The Balaban J connectivity index is 1.81. The van der Waals surface area contributed by atoms with Crippen LogP contribution in [0.15, 0.2) is 18.2 Å². The van der Waals surface area contributed by atoms with E-state index < -0.39 is 6.04 Å². The molecule has 3 rings (SSSR count). The topological polar surface area (TPSA) is 49.4 Å². The Labute approximate surface area is 125 Å². The summed E-state index contributed by atoms with van der Waals surface area (Å²) in [7, 11) is 0. The van der Waals surface area contributed by atoms with Crippen LogP contribution in [0, 0.1) is 0 Å². The van der Waals surface area contributed by atoms with E-state index in [0.717, 1.165) is 12.0 Å². The van der Waals surface area contributed by atoms with Crippen LogP contribution in [-0.4, -0.2) is 28.8 Å². The van der Waals surface area contributed by atoms with Crippen LogP contribution in [0.1, 0.15) is 43.4 Å². The zero-order chi connectivity index (χ0) is 15.0. The molecule has 1 aliphatic heterocycles. The monoisotopic (exact) mass is 286 g/mol. The molecule has 1 aromatic rings. The molecule has 0 spiro atoms. The normalized spacial score (nSPS) is 25.5. The van der Waals surface area contributed by atoms with E-state index >= 15 is 0 Å². The highest BCUT2D eigenvalue weighted by Gasteiger charge is 2.31. The Morgan fingerprint density at radius 3 is 2.76 bits per heavy atom. The van der Waals surface area contributed by atoms with E-state index in [0.29, 0.717) is 13.0 Å². The van der Waals surface area contributed by atoms with Crippen molar-refractivity contribution in [2.45, 2.75) is 58.2 Å². The average Bonchev–Trinajstić information content (AvgIpc) is 2.87. The van der Waals surface area contributed by atoms with Crippen LogP contribution in [0.3, 0.4) is 0 Å². The minimum atomic E-state index is -0.433. The van der Waals surface area contributed by atoms with E-state index in [4.69, 9.17) is 0 Å². The van der Waals surface area contributed by atoms with Gasteiger partial charge in [0.25, 0.3) is 0 Å². The van der Waals surface area contributed by atoms with Gasteiger partial charge in [0.15, 0.2) is 0 Å². The second-order valence-electron chi connectivity index (χ2n) is 6.27. The summed E-state index contributed by atoms with van der Waals surface area (Å²) < 4.78 is 0. The molecule has 0 radical (unpaired) electrons. The molecule has 0 saturated carbocycles. The first-order chi connectivity index (χ1) is 10.0. The van der Waals surface area contributed by atoms with Gasteiger partial charge in [0, 0.05) is 19.0 Å². The fraction of sp³-hybridized carbons (Fsp3) is 0.529. The van der Waals surface area contributed by atoms with Gasteiger partial charge in [-0.05, 0) is 49.8 Å². The van der Waals surface area contributed by atoms with Crippen molar-refractivity contribution in [2.24, 2.45) is 0 Å². The van der Waals surface area contributed by atoms with Gasteiger partial charge >= 0.3 is 0 Å². The zero-order valence-corrected chi connectivity index (χ0v) is 12.7. The van der Waals surface area contributed by atoms with Gasteiger partial charge in [-0.3, -0.25) is 9.59 Å². The molecule has 2 unspecified atom stereocenters. The summed E-state index contributed by atoms with van der Waals surface area (Å²) in [5.74, 6) is -0.0337. The number of hydrogen-bond donors (Lipinski definition) is 1. The Morgan fingerprint density at radius 2 is 1.95 bits per heavy atom. The van der Waals surface area contributed by atoms with Gasteiger partial charge in [0.2, 0.25) is 11.8 Å². The summed E-state index contributed by atoms with van der Waals surface area (Å²) in [4.78, 5) is 26.0. The molecule has 1 heterocycles. The maximum Gasteiger partial charge on any atom is 0.245 e. The third-order valence-corrected chi connectivity index (χ3v) is 4.56. The van der Waals surface area contributed by atoms with E-state index in [-0.39, 0.29) is 17.9 Å². The Bertz CT molecular complexity index is 582. The van der Waals surface area contributed by atoms with Gasteiger partial charge in [-0.2, -0.15) is 0 Å². The standard InChI is InChI=1S/C17H22N2O2/c1-11-8-16(20)18-12(2)17(21)19(11)10-13-6-7-14-4-3-5-15(14)9-13/h6-7,9,11-12H,3-5,8,10H2,1-2H3,(H,18,20). The van der Waals surface area contributed by atoms with Gasteiger partial charge in [0.05, 0.1) is 0 Å². The molecule has 112 valence electrons. The van der Waals surface area contributed by atoms with Crippen LogP contribution in [0.25, 0.3) is 0 Å². The van der Waals surface area contributed by atoms with Crippen molar-refractivity contribution in [3.05, 3.63) is 34.9 Å². The lowest BCUT2D eigenvalue weighted by Crippen LogP contribution is -2.44. The second kappa shape index (κ2) is 5.51. The van der Waals surface area contributed by atoms with Crippen molar-refractivity contribution in [2.75, 3.05) is 0 Å². The van der Waals surface area contributed by atoms with Crippen LogP contribution in [0.2, 0.25) is 0 Å². The summed E-state index contributed by atoms with van der Waals surface area (Å²) in [5, 5.41) is 2.75. The first-order valence-electron chi connectivity index (χ1n) is 7.75. The third-order valence-electron chi connectivity index (χ3n) is 4.56. The molecule has 1 fully saturated rings. The number of carbonyl (C=O) groups is 2. The summed E-state index contributed by atoms with van der Waals surface area (Å²) in [5.41, 5.74) is 4.03. The number of rotatable bonds is 2. The number of amides is 2. The number of nitrogens with one attached hydrogen (secondary N) is 1. The Kier molecular flexibility index (Phi) is 3.70. The molecule has 1 N–H and O–H groups in total. The highest BCUT2D eigenvalue weighted by molar-refractivity contribution is 5.90. The number of benzene rings is 1. The van der Waals surface area contributed by atoms with Gasteiger partial charge in [-0.1, -0.05) is 18.2 Å². The first kappa shape index (κ1) is 14.1. The number of nitrogens with zero attached hydrogens (tertiary/aromatic N) is 1. The fourth-order valence-electron chi connectivity index (χ4n) is 3.36. The molecule has 4 heteroatoms. The van der Waals surface area contributed by atoms with Gasteiger partial charge in [-0.25, -0.2) is 0 Å². The summed E-state index contributed by atoms with van der Waals surface area (Å²) in [6.45, 7) is 4.30. The molecule has 2 atom stereocenters. The summed E-state index contributed by atoms with van der Waals surface area (Å²) in [6.07, 6.45) is 3.92. The van der Waals surface area contributed by atoms with Crippen LogP contribution < -0.4 is 5.32 Å².